The van der Waals surface area contributed by atoms with Crippen molar-refractivity contribution < 1.29 is 4.43 Å². The Kier molecular flexibility index (Phi) is 4.90. The van der Waals surface area contributed by atoms with E-state index in [0.717, 1.165) is 5.75 Å². The van der Waals surface area contributed by atoms with Crippen LogP contribution in [0.25, 0.3) is 0 Å². The topological polar surface area (TPSA) is 9.23 Å². The minimum atomic E-state index is -2.70. The largest absolute Gasteiger partial charge is 0.530 e. The van der Waals surface area contributed by atoms with Gasteiger partial charge in [0, 0.05) is 0 Å². The van der Waals surface area contributed by atoms with Gasteiger partial charge in [-0.3, -0.25) is 0 Å². The van der Waals surface area contributed by atoms with Crippen molar-refractivity contribution in [1.29, 1.82) is 0 Å². The van der Waals surface area contributed by atoms with E-state index in [9.17, 15) is 0 Å². The number of benzene rings is 4. The van der Waals surface area contributed by atoms with Gasteiger partial charge in [0.15, 0.2) is 0 Å². The Morgan fingerprint density at radius 2 is 1.00 bits per heavy atom. The van der Waals surface area contributed by atoms with Gasteiger partial charge in [0.25, 0.3) is 0 Å². The molecule has 0 spiro atoms. The highest BCUT2D eigenvalue weighted by molar-refractivity contribution is 7.07. The van der Waals surface area contributed by atoms with Gasteiger partial charge in [0.2, 0.25) is 0 Å². The third-order valence-corrected chi connectivity index (χ3v) is 8.76. The summed E-state index contributed by atoms with van der Waals surface area (Å²) in [5, 5.41) is 3.74. The molecule has 1 nitrogen and oxygen atoms in total. The maximum absolute atomic E-state index is 6.95. The molecule has 0 bridgehead atoms. The van der Waals surface area contributed by atoms with E-state index < -0.39 is 8.32 Å². The first-order chi connectivity index (χ1) is 13.3. The minimum absolute atomic E-state index is 0.901. The Morgan fingerprint density at radius 1 is 0.519 bits per heavy atom. The molecule has 27 heavy (non-hydrogen) atoms. The van der Waals surface area contributed by atoms with Crippen LogP contribution in [0.1, 0.15) is 5.56 Å². The molecule has 0 unspecified atom stereocenters. The van der Waals surface area contributed by atoms with Crippen LogP contribution in [0.2, 0.25) is 0 Å². The summed E-state index contributed by atoms with van der Waals surface area (Å²) in [6, 6.07) is 40.2. The molecule has 0 aliphatic rings. The number of hydrogen-bond donors (Lipinski definition) is 0. The van der Waals surface area contributed by atoms with Crippen molar-refractivity contribution in [3.05, 3.63) is 121 Å². The lowest BCUT2D eigenvalue weighted by Crippen LogP contribution is -2.71. The molecule has 0 saturated heterocycles. The van der Waals surface area contributed by atoms with Crippen molar-refractivity contribution in [1.82, 2.24) is 0 Å². The van der Waals surface area contributed by atoms with E-state index >= 15 is 0 Å². The van der Waals surface area contributed by atoms with E-state index in [4.69, 9.17) is 4.43 Å². The molecule has 0 N–H and O–H groups in total. The zero-order chi connectivity index (χ0) is 18.5. The Morgan fingerprint density at radius 3 is 1.52 bits per heavy atom. The van der Waals surface area contributed by atoms with Crippen molar-refractivity contribution in [3.63, 3.8) is 0 Å². The van der Waals surface area contributed by atoms with Gasteiger partial charge in [-0.1, -0.05) is 109 Å². The summed E-state index contributed by atoms with van der Waals surface area (Å²) in [5.74, 6) is 0.901. The molecule has 4 rings (SSSR count). The summed E-state index contributed by atoms with van der Waals surface area (Å²) < 4.78 is 6.95. The van der Waals surface area contributed by atoms with Gasteiger partial charge < -0.3 is 4.43 Å². The lowest BCUT2D eigenvalue weighted by molar-refractivity contribution is 0.577. The molecule has 132 valence electrons. The number of aryl methyl sites for hydroxylation is 1. The number of hydrogen-bond acceptors (Lipinski definition) is 1. The maximum atomic E-state index is 6.95. The van der Waals surface area contributed by atoms with E-state index in [0.29, 0.717) is 0 Å². The van der Waals surface area contributed by atoms with Crippen LogP contribution < -0.4 is 20.0 Å². The minimum Gasteiger partial charge on any atom is -0.530 e. The smallest absolute Gasteiger partial charge is 0.346 e. The molecule has 0 aliphatic carbocycles. The SMILES string of the molecule is Cc1cccc([Si](Oc2ccccc2)(c2ccccc2)c2ccccc2)c1. The second-order valence-electron chi connectivity index (χ2n) is 6.70. The molecular formula is C25H22OSi. The van der Waals surface area contributed by atoms with Gasteiger partial charge >= 0.3 is 8.32 Å². The van der Waals surface area contributed by atoms with Crippen LogP contribution in [0.3, 0.4) is 0 Å². The van der Waals surface area contributed by atoms with Crippen LogP contribution >= 0.6 is 0 Å². The van der Waals surface area contributed by atoms with Crippen LogP contribution in [-0.2, 0) is 0 Å². The van der Waals surface area contributed by atoms with E-state index in [2.05, 4.69) is 91.9 Å². The average Bonchev–Trinajstić information content (AvgIpc) is 2.74. The van der Waals surface area contributed by atoms with Gasteiger partial charge in [-0.2, -0.15) is 0 Å². The lowest BCUT2D eigenvalue weighted by Gasteiger charge is -2.33. The lowest BCUT2D eigenvalue weighted by atomic mass is 10.2. The zero-order valence-corrected chi connectivity index (χ0v) is 16.4. The van der Waals surface area contributed by atoms with Crippen molar-refractivity contribution in [2.45, 2.75) is 6.92 Å². The third-order valence-electron chi connectivity index (χ3n) is 4.80. The quantitative estimate of drug-likeness (QED) is 0.383. The molecule has 4 aromatic carbocycles. The molecule has 0 atom stereocenters. The predicted molar refractivity (Wildman–Crippen MR) is 116 cm³/mol. The highest BCUT2D eigenvalue weighted by atomic mass is 28.4. The molecule has 0 fully saturated rings. The number of para-hydroxylation sites is 1. The van der Waals surface area contributed by atoms with Gasteiger partial charge in [-0.15, -0.1) is 0 Å². The van der Waals surface area contributed by atoms with E-state index in [1.807, 2.05) is 30.3 Å². The van der Waals surface area contributed by atoms with Crippen molar-refractivity contribution in [3.8, 4) is 5.75 Å². The summed E-state index contributed by atoms with van der Waals surface area (Å²) in [4.78, 5) is 0. The second-order valence-corrected chi connectivity index (χ2v) is 10.00. The first kappa shape index (κ1) is 17.3. The van der Waals surface area contributed by atoms with Crippen LogP contribution in [0.4, 0.5) is 0 Å². The summed E-state index contributed by atoms with van der Waals surface area (Å²) in [6.07, 6.45) is 0. The van der Waals surface area contributed by atoms with Crippen LogP contribution in [0.15, 0.2) is 115 Å². The summed E-state index contributed by atoms with van der Waals surface area (Å²) in [7, 11) is -2.70. The molecule has 2 heteroatoms. The van der Waals surface area contributed by atoms with E-state index in [1.165, 1.54) is 21.1 Å². The average molecular weight is 367 g/mol. The van der Waals surface area contributed by atoms with Crippen molar-refractivity contribution in [2.24, 2.45) is 0 Å². The van der Waals surface area contributed by atoms with Crippen molar-refractivity contribution >= 4 is 23.9 Å². The van der Waals surface area contributed by atoms with E-state index in [-0.39, 0.29) is 0 Å². The Balaban J connectivity index is 2.02. The van der Waals surface area contributed by atoms with Crippen molar-refractivity contribution in [2.75, 3.05) is 0 Å². The standard InChI is InChI=1S/C25H22OSi/c1-21-12-11-19-25(20-21)27(23-15-7-3-8-16-23,24-17-9-4-10-18-24)26-22-13-5-2-6-14-22/h2-20H,1H3. The Hall–Kier alpha value is -3.10. The molecule has 0 aliphatic heterocycles. The molecular weight excluding hydrogens is 344 g/mol. The van der Waals surface area contributed by atoms with Gasteiger partial charge in [0.05, 0.1) is 0 Å². The van der Waals surface area contributed by atoms with Gasteiger partial charge in [-0.05, 0) is 34.6 Å². The van der Waals surface area contributed by atoms with Crippen LogP contribution in [0.5, 0.6) is 5.75 Å². The number of rotatable bonds is 5. The third kappa shape index (κ3) is 3.44. The Labute approximate surface area is 162 Å². The Bertz CT molecular complexity index is 958. The highest BCUT2D eigenvalue weighted by Gasteiger charge is 2.44. The molecule has 0 amide bonds. The fourth-order valence-corrected chi connectivity index (χ4v) is 7.48. The molecule has 0 radical (unpaired) electrons. The zero-order valence-electron chi connectivity index (χ0n) is 15.4. The predicted octanol–water partition coefficient (Wildman–Crippen LogP) is 4.04. The maximum Gasteiger partial charge on any atom is 0.346 e. The molecule has 4 aromatic rings. The van der Waals surface area contributed by atoms with Gasteiger partial charge in [-0.25, -0.2) is 0 Å². The van der Waals surface area contributed by atoms with Crippen LogP contribution in [0, 0.1) is 6.92 Å². The molecule has 0 saturated carbocycles. The highest BCUT2D eigenvalue weighted by Crippen LogP contribution is 2.17. The molecule has 0 aromatic heterocycles. The fraction of sp³-hybridized carbons (Fsp3) is 0.0400. The normalized spacial score (nSPS) is 11.1. The fourth-order valence-electron chi connectivity index (χ4n) is 3.55. The second kappa shape index (κ2) is 7.64. The van der Waals surface area contributed by atoms with Crippen LogP contribution in [-0.4, -0.2) is 8.32 Å². The summed E-state index contributed by atoms with van der Waals surface area (Å²) in [6.45, 7) is 2.14. The monoisotopic (exact) mass is 366 g/mol. The summed E-state index contributed by atoms with van der Waals surface area (Å²) >= 11 is 0. The first-order valence-corrected chi connectivity index (χ1v) is 11.1. The van der Waals surface area contributed by atoms with E-state index in [1.54, 1.807) is 0 Å². The first-order valence-electron chi connectivity index (χ1n) is 9.21. The molecule has 0 heterocycles. The summed E-state index contributed by atoms with van der Waals surface area (Å²) in [5.41, 5.74) is 1.24. The van der Waals surface area contributed by atoms with Gasteiger partial charge in [0.1, 0.15) is 5.75 Å².